The van der Waals surface area contributed by atoms with Gasteiger partial charge >= 0.3 is 0 Å². The van der Waals surface area contributed by atoms with E-state index in [0.29, 0.717) is 25.3 Å². The molecule has 1 amide bonds. The number of anilines is 1. The van der Waals surface area contributed by atoms with Crippen molar-refractivity contribution in [3.63, 3.8) is 0 Å². The van der Waals surface area contributed by atoms with E-state index in [9.17, 15) is 13.2 Å². The molecule has 1 fully saturated rings. The second kappa shape index (κ2) is 7.66. The Labute approximate surface area is 164 Å². The van der Waals surface area contributed by atoms with Crippen LogP contribution in [0.4, 0.5) is 5.69 Å². The van der Waals surface area contributed by atoms with Crippen molar-refractivity contribution in [3.05, 3.63) is 54.1 Å². The number of thioether (sulfide) groups is 1. The molecule has 1 saturated carbocycles. The van der Waals surface area contributed by atoms with Crippen LogP contribution in [0.15, 0.2) is 58.3 Å². The summed E-state index contributed by atoms with van der Waals surface area (Å²) < 4.78 is 27.8. The van der Waals surface area contributed by atoms with Gasteiger partial charge in [-0.05, 0) is 55.2 Å². The van der Waals surface area contributed by atoms with Gasteiger partial charge in [0.05, 0.1) is 4.90 Å². The number of hydrogen-bond acceptors (Lipinski definition) is 4. The first kappa shape index (κ1) is 18.5. The standard InChI is InChI=1S/C20H22N2O3S2/c23-20(15-6-7-15)22-12-10-16-14-18(8-9-19(16)22)27(24,25)21-11-13-26-17-4-2-1-3-5-17/h1-5,8-9,14-15,21H,6-7,10-13H2. The monoisotopic (exact) mass is 402 g/mol. The van der Waals surface area contributed by atoms with Crippen LogP contribution in [-0.4, -0.2) is 33.2 Å². The Bertz CT molecular complexity index is 941. The lowest BCUT2D eigenvalue weighted by molar-refractivity contribution is -0.119. The van der Waals surface area contributed by atoms with E-state index in [4.69, 9.17) is 0 Å². The van der Waals surface area contributed by atoms with Gasteiger partial charge in [-0.3, -0.25) is 4.79 Å². The summed E-state index contributed by atoms with van der Waals surface area (Å²) in [7, 11) is -3.54. The largest absolute Gasteiger partial charge is 0.312 e. The van der Waals surface area contributed by atoms with E-state index in [0.717, 1.165) is 29.0 Å². The molecular formula is C20H22N2O3S2. The Kier molecular flexibility index (Phi) is 5.25. The summed E-state index contributed by atoms with van der Waals surface area (Å²) >= 11 is 1.62. The summed E-state index contributed by atoms with van der Waals surface area (Å²) in [6.07, 6.45) is 2.66. The number of carbonyl (C=O) groups is 1. The van der Waals surface area contributed by atoms with Crippen LogP contribution < -0.4 is 9.62 Å². The molecular weight excluding hydrogens is 380 g/mol. The van der Waals surface area contributed by atoms with Gasteiger partial charge in [0.25, 0.3) is 0 Å². The van der Waals surface area contributed by atoms with Crippen LogP contribution in [0.25, 0.3) is 0 Å². The van der Waals surface area contributed by atoms with Gasteiger partial charge in [-0.1, -0.05) is 18.2 Å². The number of hydrogen-bond donors (Lipinski definition) is 1. The third kappa shape index (κ3) is 4.20. The van der Waals surface area contributed by atoms with E-state index in [1.807, 2.05) is 35.2 Å². The lowest BCUT2D eigenvalue weighted by Crippen LogP contribution is -2.30. The third-order valence-corrected chi connectivity index (χ3v) is 7.33. The number of benzene rings is 2. The summed E-state index contributed by atoms with van der Waals surface area (Å²) in [5, 5.41) is 0. The summed E-state index contributed by atoms with van der Waals surface area (Å²) in [5.74, 6) is 1.02. The SMILES string of the molecule is O=C(C1CC1)N1CCc2cc(S(=O)(=O)NCCSc3ccccc3)ccc21. The maximum atomic E-state index is 12.6. The van der Waals surface area contributed by atoms with E-state index in [1.54, 1.807) is 30.0 Å². The van der Waals surface area contributed by atoms with Gasteiger partial charge in [0.15, 0.2) is 0 Å². The molecule has 2 aromatic rings. The zero-order chi connectivity index (χ0) is 18.9. The highest BCUT2D eigenvalue weighted by Crippen LogP contribution is 2.37. The number of rotatable bonds is 7. The summed E-state index contributed by atoms with van der Waals surface area (Å²) in [6, 6.07) is 15.0. The van der Waals surface area contributed by atoms with Crippen molar-refractivity contribution in [2.75, 3.05) is 23.7 Å². The number of nitrogens with zero attached hydrogens (tertiary/aromatic N) is 1. The van der Waals surface area contributed by atoms with Crippen molar-refractivity contribution < 1.29 is 13.2 Å². The van der Waals surface area contributed by atoms with E-state index in [-0.39, 0.29) is 16.7 Å². The molecule has 0 radical (unpaired) electrons. The molecule has 2 aromatic carbocycles. The van der Waals surface area contributed by atoms with Gasteiger partial charge in [-0.25, -0.2) is 13.1 Å². The van der Waals surface area contributed by atoms with Crippen LogP contribution in [0, 0.1) is 5.92 Å². The Balaban J connectivity index is 1.38. The summed E-state index contributed by atoms with van der Waals surface area (Å²) in [6.45, 7) is 1.01. The molecule has 1 heterocycles. The lowest BCUT2D eigenvalue weighted by Gasteiger charge is -2.17. The molecule has 27 heavy (non-hydrogen) atoms. The fourth-order valence-electron chi connectivity index (χ4n) is 3.27. The molecule has 2 aliphatic rings. The minimum absolute atomic E-state index is 0.170. The minimum atomic E-state index is -3.54. The lowest BCUT2D eigenvalue weighted by atomic mass is 10.2. The van der Waals surface area contributed by atoms with Crippen molar-refractivity contribution in [3.8, 4) is 0 Å². The van der Waals surface area contributed by atoms with Gasteiger partial charge in [-0.15, -0.1) is 11.8 Å². The minimum Gasteiger partial charge on any atom is -0.312 e. The summed E-state index contributed by atoms with van der Waals surface area (Å²) in [4.78, 5) is 15.5. The molecule has 1 aliphatic heterocycles. The molecule has 4 rings (SSSR count). The van der Waals surface area contributed by atoms with Gasteiger partial charge in [0.2, 0.25) is 15.9 Å². The number of fused-ring (bicyclic) bond motifs is 1. The molecule has 0 spiro atoms. The maximum Gasteiger partial charge on any atom is 0.240 e. The molecule has 1 N–H and O–H groups in total. The second-order valence-electron chi connectivity index (χ2n) is 6.86. The smallest absolute Gasteiger partial charge is 0.240 e. The van der Waals surface area contributed by atoms with Crippen LogP contribution in [0.1, 0.15) is 18.4 Å². The molecule has 0 unspecified atom stereocenters. The highest BCUT2D eigenvalue weighted by atomic mass is 32.2. The number of sulfonamides is 1. The Morgan fingerprint density at radius 3 is 2.67 bits per heavy atom. The number of nitrogens with one attached hydrogen (secondary N) is 1. The first-order valence-electron chi connectivity index (χ1n) is 9.16. The van der Waals surface area contributed by atoms with E-state index < -0.39 is 10.0 Å². The quantitative estimate of drug-likeness (QED) is 0.571. The topological polar surface area (TPSA) is 66.5 Å². The predicted octanol–water partition coefficient (Wildman–Crippen LogP) is 3.06. The Morgan fingerprint density at radius 2 is 1.93 bits per heavy atom. The fraction of sp³-hybridized carbons (Fsp3) is 0.350. The molecule has 0 saturated heterocycles. The predicted molar refractivity (Wildman–Crippen MR) is 108 cm³/mol. The molecule has 5 nitrogen and oxygen atoms in total. The zero-order valence-corrected chi connectivity index (χ0v) is 16.6. The van der Waals surface area contributed by atoms with Crippen molar-refractivity contribution in [2.24, 2.45) is 5.92 Å². The third-order valence-electron chi connectivity index (χ3n) is 4.86. The number of amides is 1. The van der Waals surface area contributed by atoms with Crippen LogP contribution >= 0.6 is 11.8 Å². The van der Waals surface area contributed by atoms with Crippen LogP contribution in [0.2, 0.25) is 0 Å². The zero-order valence-electron chi connectivity index (χ0n) is 14.9. The van der Waals surface area contributed by atoms with Gasteiger partial charge < -0.3 is 4.90 Å². The highest BCUT2D eigenvalue weighted by Gasteiger charge is 2.36. The Hall–Kier alpha value is -1.83. The fourth-order valence-corrected chi connectivity index (χ4v) is 5.27. The molecule has 142 valence electrons. The van der Waals surface area contributed by atoms with Crippen molar-refractivity contribution in [1.82, 2.24) is 4.72 Å². The van der Waals surface area contributed by atoms with Crippen molar-refractivity contribution in [1.29, 1.82) is 0 Å². The highest BCUT2D eigenvalue weighted by molar-refractivity contribution is 7.99. The van der Waals surface area contributed by atoms with Gasteiger partial charge in [0, 0.05) is 35.3 Å². The normalized spacial score (nSPS) is 16.4. The van der Waals surface area contributed by atoms with Crippen LogP contribution in [-0.2, 0) is 21.2 Å². The van der Waals surface area contributed by atoms with Crippen LogP contribution in [0.3, 0.4) is 0 Å². The van der Waals surface area contributed by atoms with E-state index in [1.165, 1.54) is 0 Å². The summed E-state index contributed by atoms with van der Waals surface area (Å²) in [5.41, 5.74) is 1.80. The number of carbonyl (C=O) groups excluding carboxylic acids is 1. The van der Waals surface area contributed by atoms with Crippen molar-refractivity contribution in [2.45, 2.75) is 29.1 Å². The first-order chi connectivity index (χ1) is 13.0. The average molecular weight is 403 g/mol. The molecule has 0 aromatic heterocycles. The van der Waals surface area contributed by atoms with Crippen molar-refractivity contribution >= 4 is 33.4 Å². The molecule has 7 heteroatoms. The molecule has 0 bridgehead atoms. The van der Waals surface area contributed by atoms with E-state index in [2.05, 4.69) is 4.72 Å². The van der Waals surface area contributed by atoms with Crippen LogP contribution in [0.5, 0.6) is 0 Å². The average Bonchev–Trinajstić information content (AvgIpc) is 3.44. The van der Waals surface area contributed by atoms with Gasteiger partial charge in [0.1, 0.15) is 0 Å². The van der Waals surface area contributed by atoms with Gasteiger partial charge in [-0.2, -0.15) is 0 Å². The Morgan fingerprint density at radius 1 is 1.15 bits per heavy atom. The second-order valence-corrected chi connectivity index (χ2v) is 9.80. The van der Waals surface area contributed by atoms with E-state index >= 15 is 0 Å². The molecule has 0 atom stereocenters. The first-order valence-corrected chi connectivity index (χ1v) is 11.6. The maximum absolute atomic E-state index is 12.6. The molecule has 1 aliphatic carbocycles.